The average Bonchev–Trinajstić information content (AvgIpc) is 3.23. The van der Waals surface area contributed by atoms with Crippen LogP contribution in [-0.2, 0) is 33.3 Å². The Kier molecular flexibility index (Phi) is 13.8. The molecule has 2 saturated heterocycles. The average molecular weight is 874 g/mol. The number of aliphatic hydroxyl groups excluding tert-OH is 6. The van der Waals surface area contributed by atoms with E-state index in [9.17, 15) is 65.4 Å². The Morgan fingerprint density at radius 1 is 0.677 bits per heavy atom. The Labute approximate surface area is 348 Å². The van der Waals surface area contributed by atoms with Gasteiger partial charge in [-0.15, -0.1) is 0 Å². The number of rotatable bonds is 14. The van der Waals surface area contributed by atoms with Gasteiger partial charge in [0.2, 0.25) is 18.3 Å². The number of aromatic hydroxyl groups is 4. The fraction of sp³-hybridized carbons (Fsp3) is 0.350. The molecule has 0 saturated carbocycles. The summed E-state index contributed by atoms with van der Waals surface area (Å²) in [6, 6.07) is 11.1. The van der Waals surface area contributed by atoms with Gasteiger partial charge < -0.3 is 89.3 Å². The summed E-state index contributed by atoms with van der Waals surface area (Å²) in [6.45, 7) is -1.45. The van der Waals surface area contributed by atoms with Crippen LogP contribution in [-0.4, -0.2) is 156 Å². The monoisotopic (exact) mass is 873 g/mol. The lowest BCUT2D eigenvalue weighted by atomic mass is 9.99. The van der Waals surface area contributed by atoms with E-state index >= 15 is 0 Å². The minimum Gasteiger partial charge on any atom is -0.507 e. The normalized spacial score (nSPS) is 26.2. The van der Waals surface area contributed by atoms with Gasteiger partial charge in [-0.05, 0) is 35.9 Å². The summed E-state index contributed by atoms with van der Waals surface area (Å²) in [6.07, 6.45) is -17.0. The number of carbonyl (C=O) groups is 3. The fourth-order valence-electron chi connectivity index (χ4n) is 6.30. The second-order valence-corrected chi connectivity index (χ2v) is 13.9. The molecule has 4 aromatic rings. The van der Waals surface area contributed by atoms with Gasteiger partial charge in [-0.3, -0.25) is 9.59 Å². The number of fused-ring (bicyclic) bond motifs is 1. The van der Waals surface area contributed by atoms with Crippen molar-refractivity contribution in [1.82, 2.24) is 0 Å². The summed E-state index contributed by atoms with van der Waals surface area (Å²) < 4.78 is 44.4. The van der Waals surface area contributed by atoms with Gasteiger partial charge in [0.1, 0.15) is 85.4 Å². The number of phenols is 4. The molecule has 0 bridgehead atoms. The highest BCUT2D eigenvalue weighted by Gasteiger charge is 2.48. The van der Waals surface area contributed by atoms with E-state index in [-0.39, 0.29) is 45.3 Å². The minimum atomic E-state index is -1.98. The molecule has 3 aromatic carbocycles. The van der Waals surface area contributed by atoms with Crippen molar-refractivity contribution in [1.29, 1.82) is 0 Å². The van der Waals surface area contributed by atoms with Gasteiger partial charge in [-0.2, -0.15) is 0 Å². The lowest BCUT2D eigenvalue weighted by Crippen LogP contribution is -2.60. The number of aliphatic carboxylic acids is 1. The maximum absolute atomic E-state index is 12.6. The second kappa shape index (κ2) is 19.0. The third kappa shape index (κ3) is 10.2. The van der Waals surface area contributed by atoms with E-state index in [2.05, 4.69) is 0 Å². The predicted molar refractivity (Wildman–Crippen MR) is 204 cm³/mol. The van der Waals surface area contributed by atoms with Gasteiger partial charge in [0.15, 0.2) is 23.0 Å². The van der Waals surface area contributed by atoms with Gasteiger partial charge in [0, 0.05) is 24.3 Å². The molecule has 5 unspecified atom stereocenters. The van der Waals surface area contributed by atoms with Gasteiger partial charge in [-0.25, -0.2) is 9.21 Å². The van der Waals surface area contributed by atoms with Crippen molar-refractivity contribution < 1.29 is 108 Å². The summed E-state index contributed by atoms with van der Waals surface area (Å²) in [7, 11) is 1.34. The molecule has 3 heterocycles. The molecule has 1 aromatic heterocycles. The molecule has 22 heteroatoms. The number of methoxy groups -OCH3 is 1. The van der Waals surface area contributed by atoms with E-state index in [1.807, 2.05) is 0 Å². The van der Waals surface area contributed by atoms with Crippen molar-refractivity contribution in [2.75, 3.05) is 20.3 Å². The highest BCUT2D eigenvalue weighted by Crippen LogP contribution is 2.43. The standard InChI is InChI=1S/C40H40O22/c1-55-25-8-16(2-5-21(25)43)3-7-30(47)56-14-27-32(49)35(52)37(54)40(62-27)60-26-12-19-23(58-38(26)17-4-6-20(42)22(44)9-17)10-18(41)11-24(19)59-39-36(53)34(51)33(50)28(61-39)15-57-31(48)13-29(45)46/h2-12,27-28,32-37,39-40,49-54H,13-15H2,1H3,(H4-,41,42,43,44,45,46,47)/p+1/t27?,28?,32-,33-,34+,35?,36?,37?,39-,40-/m1/s1. The third-order valence-corrected chi connectivity index (χ3v) is 9.57. The van der Waals surface area contributed by atoms with Crippen molar-refractivity contribution in [3.05, 3.63) is 66.2 Å². The summed E-state index contributed by atoms with van der Waals surface area (Å²) in [4.78, 5) is 35.3. The van der Waals surface area contributed by atoms with Crippen molar-refractivity contribution in [2.24, 2.45) is 0 Å². The van der Waals surface area contributed by atoms with Crippen molar-refractivity contribution >= 4 is 35.0 Å². The number of hydrogen-bond donors (Lipinski definition) is 11. The zero-order chi connectivity index (χ0) is 45.0. The van der Waals surface area contributed by atoms with Crippen molar-refractivity contribution in [2.45, 2.75) is 67.8 Å². The van der Waals surface area contributed by atoms with Crippen LogP contribution in [0, 0.1) is 0 Å². The van der Waals surface area contributed by atoms with Crippen LogP contribution in [0.2, 0.25) is 0 Å². The van der Waals surface area contributed by atoms with Crippen molar-refractivity contribution in [3.63, 3.8) is 0 Å². The number of esters is 2. The quantitative estimate of drug-likeness (QED) is 0.0258. The van der Waals surface area contributed by atoms with Gasteiger partial charge >= 0.3 is 29.3 Å². The Hall–Kier alpha value is -6.50. The first kappa shape index (κ1) is 45.0. The molecule has 0 spiro atoms. The first-order valence-corrected chi connectivity index (χ1v) is 18.4. The number of carbonyl (C=O) groups excluding carboxylic acids is 2. The molecule has 2 aliphatic heterocycles. The van der Waals surface area contributed by atoms with Crippen molar-refractivity contribution in [3.8, 4) is 51.6 Å². The molecular formula is C40H41O22+. The molecule has 0 aliphatic carbocycles. The summed E-state index contributed by atoms with van der Waals surface area (Å²) in [5.74, 6) is -6.15. The van der Waals surface area contributed by atoms with Crippen LogP contribution in [0.25, 0.3) is 28.4 Å². The highest BCUT2D eigenvalue weighted by molar-refractivity contribution is 5.90. The zero-order valence-electron chi connectivity index (χ0n) is 32.2. The molecule has 2 aliphatic rings. The molecule has 332 valence electrons. The molecule has 0 amide bonds. The molecular weight excluding hydrogens is 832 g/mol. The fourth-order valence-corrected chi connectivity index (χ4v) is 6.30. The topological polar surface area (TPSA) is 350 Å². The van der Waals surface area contributed by atoms with E-state index in [1.165, 1.54) is 43.5 Å². The van der Waals surface area contributed by atoms with Crippen LogP contribution in [0.3, 0.4) is 0 Å². The number of aliphatic hydroxyl groups is 6. The van der Waals surface area contributed by atoms with Gasteiger partial charge in [-0.1, -0.05) is 6.07 Å². The largest absolute Gasteiger partial charge is 0.507 e. The molecule has 2 fully saturated rings. The highest BCUT2D eigenvalue weighted by atomic mass is 16.7. The predicted octanol–water partition coefficient (Wildman–Crippen LogP) is -0.141. The molecule has 11 N–H and O–H groups in total. The number of phenolic OH excluding ortho intramolecular Hbond substituents is 4. The second-order valence-electron chi connectivity index (χ2n) is 13.9. The van der Waals surface area contributed by atoms with E-state index in [1.54, 1.807) is 0 Å². The Bertz CT molecular complexity index is 2310. The molecule has 6 rings (SSSR count). The minimum absolute atomic E-state index is 0.0286. The number of carboxylic acid groups (broad SMARTS) is 1. The lowest BCUT2D eigenvalue weighted by Gasteiger charge is -2.40. The van der Waals surface area contributed by atoms with E-state index in [0.29, 0.717) is 5.56 Å². The molecule has 10 atom stereocenters. The first-order chi connectivity index (χ1) is 29.4. The van der Waals surface area contributed by atoms with Crippen LogP contribution in [0.1, 0.15) is 12.0 Å². The summed E-state index contributed by atoms with van der Waals surface area (Å²) >= 11 is 0. The Balaban J connectivity index is 1.29. The zero-order valence-corrected chi connectivity index (χ0v) is 32.2. The van der Waals surface area contributed by atoms with Gasteiger partial charge in [0.25, 0.3) is 0 Å². The summed E-state index contributed by atoms with van der Waals surface area (Å²) in [5.41, 5.74) is 0.310. The Morgan fingerprint density at radius 2 is 1.29 bits per heavy atom. The molecule has 62 heavy (non-hydrogen) atoms. The van der Waals surface area contributed by atoms with E-state index in [0.717, 1.165) is 30.3 Å². The molecule has 22 nitrogen and oxygen atoms in total. The Morgan fingerprint density at radius 3 is 1.90 bits per heavy atom. The first-order valence-electron chi connectivity index (χ1n) is 18.4. The van der Waals surface area contributed by atoms with Crippen LogP contribution < -0.4 is 14.2 Å². The summed E-state index contributed by atoms with van der Waals surface area (Å²) in [5, 5.41) is 114. The maximum Gasteiger partial charge on any atom is 0.402 e. The van der Waals surface area contributed by atoms with E-state index < -0.39 is 116 Å². The third-order valence-electron chi connectivity index (χ3n) is 9.57. The van der Waals surface area contributed by atoms with Gasteiger partial charge in [0.05, 0.1) is 18.7 Å². The number of ether oxygens (including phenoxy) is 7. The van der Waals surface area contributed by atoms with Crippen LogP contribution >= 0.6 is 0 Å². The number of carboxylic acids is 1. The maximum atomic E-state index is 12.6. The molecule has 0 radical (unpaired) electrons. The smallest absolute Gasteiger partial charge is 0.402 e. The van der Waals surface area contributed by atoms with Crippen LogP contribution in [0.15, 0.2) is 65.1 Å². The van der Waals surface area contributed by atoms with Crippen LogP contribution in [0.4, 0.5) is 0 Å². The van der Waals surface area contributed by atoms with Crippen LogP contribution in [0.5, 0.6) is 40.2 Å². The SMILES string of the molecule is COc1cc(/C=C/C(=O)OCC2O[C@@H](Oc3cc4c(O[C@@H]5OC(COC(=O)CC(=O)O)[C@@H](O)[C@H](O)C5O)cc(O)cc4[o+]c3-c3ccc(O)c(O)c3)C(O)C(O)[C@@H]2O)ccc1O. The lowest BCUT2D eigenvalue weighted by molar-refractivity contribution is -0.278. The number of hydrogen-bond acceptors (Lipinski definition) is 20. The number of benzene rings is 3. The van der Waals surface area contributed by atoms with E-state index in [4.69, 9.17) is 42.7 Å².